The van der Waals surface area contributed by atoms with Crippen molar-refractivity contribution in [1.29, 1.82) is 0 Å². The fraction of sp³-hybridized carbons (Fsp3) is 0.222. The van der Waals surface area contributed by atoms with E-state index < -0.39 is 34.1 Å². The second-order valence-electron chi connectivity index (χ2n) is 9.18. The Hall–Kier alpha value is -3.67. The summed E-state index contributed by atoms with van der Waals surface area (Å²) in [4.78, 5) is 44.3. The zero-order valence-corrected chi connectivity index (χ0v) is 24.2. The Morgan fingerprint density at radius 3 is 1.79 bits per heavy atom. The number of aromatic amines is 1. The third kappa shape index (κ3) is 8.21. The van der Waals surface area contributed by atoms with Crippen molar-refractivity contribution >= 4 is 15.2 Å². The first kappa shape index (κ1) is 31.3. The first-order chi connectivity index (χ1) is 19.9. The number of aromatic nitrogens is 2. The maximum Gasteiger partial charge on any atom is 0.328 e. The number of nitrogens with zero attached hydrogens (tertiary/aromatic N) is 1. The number of hydrogen-bond acceptors (Lipinski definition) is 8. The van der Waals surface area contributed by atoms with Crippen molar-refractivity contribution < 1.29 is 53.1 Å². The molecule has 1 aromatic heterocycles. The third-order valence-electron chi connectivity index (χ3n) is 6.09. The molecule has 0 fully saturated rings. The molecule has 0 unspecified atom stereocenters. The van der Waals surface area contributed by atoms with Crippen LogP contribution in [0.4, 0.5) is 0 Å². The first-order valence-electron chi connectivity index (χ1n) is 12.5. The van der Waals surface area contributed by atoms with E-state index in [0.29, 0.717) is 45.4 Å². The van der Waals surface area contributed by atoms with Crippen LogP contribution in [-0.2, 0) is 15.7 Å². The van der Waals surface area contributed by atoms with Crippen LogP contribution in [0.1, 0.15) is 5.56 Å². The molecule has 0 bridgehead atoms. The highest BCUT2D eigenvalue weighted by Gasteiger charge is 2.19. The zero-order chi connectivity index (χ0) is 30.5. The largest absolute Gasteiger partial charge is 0.504 e. The van der Waals surface area contributed by atoms with E-state index in [4.69, 9.17) is 38.8 Å². The number of imidazole rings is 1. The molecule has 4 rings (SSSR count). The lowest BCUT2D eigenvalue weighted by molar-refractivity contribution is 0.272. The van der Waals surface area contributed by atoms with E-state index in [0.717, 1.165) is 0 Å². The van der Waals surface area contributed by atoms with E-state index in [1.807, 2.05) is 0 Å². The van der Waals surface area contributed by atoms with Crippen LogP contribution in [0.2, 0.25) is 0 Å². The highest BCUT2D eigenvalue weighted by atomic mass is 31.2. The molecular weight excluding hydrogens is 590 g/mol. The van der Waals surface area contributed by atoms with Crippen molar-refractivity contribution in [3.8, 4) is 56.9 Å². The number of H-pyrrole nitrogens is 1. The average Bonchev–Trinajstić information content (AvgIpc) is 3.38. The molecule has 42 heavy (non-hydrogen) atoms. The number of aliphatic hydroxyl groups excluding tert-OH is 1. The van der Waals surface area contributed by atoms with E-state index in [9.17, 15) is 19.3 Å². The molecule has 0 atom stereocenters. The first-order valence-corrected chi connectivity index (χ1v) is 16.1. The van der Waals surface area contributed by atoms with Gasteiger partial charge in [-0.15, -0.1) is 0 Å². The van der Waals surface area contributed by atoms with Crippen LogP contribution in [0.3, 0.4) is 0 Å². The molecule has 3 aromatic carbocycles. The topological polar surface area (TPSA) is 212 Å². The predicted octanol–water partition coefficient (Wildman–Crippen LogP) is 3.73. The normalized spacial score (nSPS) is 11.9. The van der Waals surface area contributed by atoms with E-state index in [1.54, 1.807) is 60.7 Å². The molecule has 1 heterocycles. The quantitative estimate of drug-likeness (QED) is 0.107. The van der Waals surface area contributed by atoms with Gasteiger partial charge in [-0.1, -0.05) is 0 Å². The minimum absolute atomic E-state index is 0.151. The Morgan fingerprint density at radius 2 is 1.31 bits per heavy atom. The lowest BCUT2D eigenvalue weighted by Crippen LogP contribution is -2.03. The van der Waals surface area contributed by atoms with Crippen LogP contribution < -0.4 is 14.2 Å². The monoisotopic (exact) mass is 620 g/mol. The van der Waals surface area contributed by atoms with Gasteiger partial charge in [-0.2, -0.15) is 0 Å². The molecule has 15 heteroatoms. The summed E-state index contributed by atoms with van der Waals surface area (Å²) in [5, 5.41) is 20.0. The van der Waals surface area contributed by atoms with Crippen molar-refractivity contribution in [3.63, 3.8) is 0 Å². The number of aliphatic hydroxyl groups is 1. The third-order valence-corrected chi connectivity index (χ3v) is 7.63. The number of methoxy groups -OCH3 is 1. The molecule has 0 amide bonds. The van der Waals surface area contributed by atoms with Crippen molar-refractivity contribution in [1.82, 2.24) is 9.97 Å². The molecular formula is C27H30N2O11P2. The summed E-state index contributed by atoms with van der Waals surface area (Å²) >= 11 is 0. The van der Waals surface area contributed by atoms with Crippen LogP contribution in [0, 0.1) is 0 Å². The Labute approximate surface area is 240 Å². The molecule has 7 N–H and O–H groups in total. The minimum Gasteiger partial charge on any atom is -0.504 e. The number of nitrogens with one attached hydrogen (secondary N) is 1. The van der Waals surface area contributed by atoms with E-state index >= 15 is 0 Å². The molecule has 224 valence electrons. The summed E-state index contributed by atoms with van der Waals surface area (Å²) in [5.74, 6) is 1.22. The number of phenols is 1. The van der Waals surface area contributed by atoms with Crippen LogP contribution in [0.15, 0.2) is 60.7 Å². The Balaban J connectivity index is 1.70. The molecule has 13 nitrogen and oxygen atoms in total. The van der Waals surface area contributed by atoms with Crippen LogP contribution >= 0.6 is 15.2 Å². The fourth-order valence-corrected chi connectivity index (χ4v) is 4.66. The Bertz CT molecular complexity index is 1500. The molecule has 0 saturated carbocycles. The van der Waals surface area contributed by atoms with Gasteiger partial charge in [-0.25, -0.2) is 4.98 Å². The van der Waals surface area contributed by atoms with Gasteiger partial charge in [-0.05, 0) is 60.7 Å². The predicted molar refractivity (Wildman–Crippen MR) is 154 cm³/mol. The van der Waals surface area contributed by atoms with Gasteiger partial charge in [0.05, 0.1) is 50.6 Å². The van der Waals surface area contributed by atoms with Crippen molar-refractivity contribution in [2.45, 2.75) is 6.61 Å². The van der Waals surface area contributed by atoms with Gasteiger partial charge < -0.3 is 49.0 Å². The lowest BCUT2D eigenvalue weighted by atomic mass is 10.0. The van der Waals surface area contributed by atoms with Crippen LogP contribution in [-0.4, -0.2) is 72.4 Å². The maximum absolute atomic E-state index is 11.1. The molecule has 0 aliphatic rings. The highest BCUT2D eigenvalue weighted by Crippen LogP contribution is 2.39. The van der Waals surface area contributed by atoms with E-state index in [1.165, 1.54) is 7.11 Å². The van der Waals surface area contributed by atoms with Crippen LogP contribution in [0.5, 0.6) is 23.0 Å². The summed E-state index contributed by atoms with van der Waals surface area (Å²) in [6, 6.07) is 16.8. The van der Waals surface area contributed by atoms with Gasteiger partial charge in [0.2, 0.25) is 0 Å². The number of benzene rings is 3. The van der Waals surface area contributed by atoms with Gasteiger partial charge in [0.15, 0.2) is 11.5 Å². The molecule has 0 radical (unpaired) electrons. The zero-order valence-electron chi connectivity index (χ0n) is 22.4. The smallest absolute Gasteiger partial charge is 0.328 e. The van der Waals surface area contributed by atoms with Crippen LogP contribution in [0.25, 0.3) is 33.9 Å². The Morgan fingerprint density at radius 1 is 0.786 bits per heavy atom. The maximum atomic E-state index is 11.1. The van der Waals surface area contributed by atoms with Crippen molar-refractivity contribution in [3.05, 3.63) is 66.2 Å². The highest BCUT2D eigenvalue weighted by molar-refractivity contribution is 7.52. The second kappa shape index (κ2) is 13.1. The molecule has 0 aliphatic heterocycles. The summed E-state index contributed by atoms with van der Waals surface area (Å²) in [6.45, 7) is -0.731. The molecule has 0 spiro atoms. The second-order valence-corrected chi connectivity index (χ2v) is 12.7. The number of hydrogen-bond donors (Lipinski definition) is 7. The molecule has 0 saturated heterocycles. The number of ether oxygens (including phenoxy) is 3. The average molecular weight is 620 g/mol. The van der Waals surface area contributed by atoms with Gasteiger partial charge in [-0.3, -0.25) is 9.13 Å². The summed E-state index contributed by atoms with van der Waals surface area (Å²) in [5.41, 5.74) is 3.33. The Kier molecular flexibility index (Phi) is 9.75. The molecule has 0 aliphatic carbocycles. The van der Waals surface area contributed by atoms with Gasteiger partial charge in [0.25, 0.3) is 0 Å². The summed E-state index contributed by atoms with van der Waals surface area (Å²) in [6.07, 6.45) is -0.819. The van der Waals surface area contributed by atoms with E-state index in [-0.39, 0.29) is 30.3 Å². The minimum atomic E-state index is -4.18. The van der Waals surface area contributed by atoms with Crippen molar-refractivity contribution in [2.75, 3.05) is 32.6 Å². The summed E-state index contributed by atoms with van der Waals surface area (Å²) in [7, 11) is -6.97. The SMILES string of the molecule is COc1cc(-c2nc(-c3ccc(OCCP(=O)(O)O)cc3)c(-c3ccc(OCCP(=O)(O)O)cc3)[nH]2)cc(CO)c1O. The summed E-state index contributed by atoms with van der Waals surface area (Å²) < 4.78 is 38.3. The molecule has 4 aromatic rings. The number of aromatic hydroxyl groups is 1. The fourth-order valence-electron chi connectivity index (χ4n) is 4.00. The van der Waals surface area contributed by atoms with Crippen molar-refractivity contribution in [2.24, 2.45) is 0 Å². The standard InChI is InChI=1S/C27H30N2O11P2/c1-38-23-15-19(14-20(16-30)26(23)31)27-28-24(17-2-6-21(7-3-17)39-10-12-41(32,33)34)25(29-27)18-4-8-22(9-5-18)40-11-13-42(35,36)37/h2-9,14-15,30-31H,10-13,16H2,1H3,(H,28,29)(H2,32,33,34)(H2,35,36,37). The van der Waals surface area contributed by atoms with Gasteiger partial charge in [0, 0.05) is 22.3 Å². The van der Waals surface area contributed by atoms with Gasteiger partial charge >= 0.3 is 15.2 Å². The number of rotatable bonds is 13. The van der Waals surface area contributed by atoms with E-state index in [2.05, 4.69) is 4.98 Å². The lowest BCUT2D eigenvalue weighted by Gasteiger charge is -2.09. The van der Waals surface area contributed by atoms with Gasteiger partial charge in [0.1, 0.15) is 17.3 Å².